The van der Waals surface area contributed by atoms with E-state index >= 15 is 0 Å². The molecule has 5 heteroatoms. The van der Waals surface area contributed by atoms with Crippen molar-refractivity contribution in [1.82, 2.24) is 9.88 Å². The summed E-state index contributed by atoms with van der Waals surface area (Å²) < 4.78 is 4.74. The van der Waals surface area contributed by atoms with Crippen LogP contribution in [0.4, 0.5) is 0 Å². The lowest BCUT2D eigenvalue weighted by molar-refractivity contribution is -0.146. The van der Waals surface area contributed by atoms with E-state index in [4.69, 9.17) is 4.74 Å². The van der Waals surface area contributed by atoms with Gasteiger partial charge in [-0.05, 0) is 11.6 Å². The van der Waals surface area contributed by atoms with Gasteiger partial charge in [-0.3, -0.25) is 14.7 Å². The lowest BCUT2D eigenvalue weighted by Gasteiger charge is -2.21. The fourth-order valence-corrected chi connectivity index (χ4v) is 2.16. The van der Waals surface area contributed by atoms with Gasteiger partial charge in [-0.1, -0.05) is 6.07 Å². The van der Waals surface area contributed by atoms with Crippen LogP contribution in [0.25, 0.3) is 0 Å². The molecular formula is C12H16N2O3. The lowest BCUT2D eigenvalue weighted by Crippen LogP contribution is -2.36. The van der Waals surface area contributed by atoms with Gasteiger partial charge in [0.2, 0.25) is 0 Å². The van der Waals surface area contributed by atoms with E-state index in [1.165, 1.54) is 7.11 Å². The number of carbonyl (C=O) groups is 1. The van der Waals surface area contributed by atoms with Crippen molar-refractivity contribution in [1.29, 1.82) is 0 Å². The molecule has 0 radical (unpaired) electrons. The first-order valence-electron chi connectivity index (χ1n) is 5.59. The molecule has 2 heterocycles. The SMILES string of the molecule is COC(=O)[C@@H]1C[C@@H](O)CN1Cc1cccnc1. The van der Waals surface area contributed by atoms with Gasteiger partial charge in [0.1, 0.15) is 6.04 Å². The second kappa shape index (κ2) is 5.25. The molecule has 1 saturated heterocycles. The molecule has 0 spiro atoms. The van der Waals surface area contributed by atoms with Crippen LogP contribution < -0.4 is 0 Å². The molecule has 0 amide bonds. The predicted octanol–water partition coefficient (Wildman–Crippen LogP) is 0.190. The summed E-state index contributed by atoms with van der Waals surface area (Å²) in [6.07, 6.45) is 3.45. The number of hydrogen-bond acceptors (Lipinski definition) is 5. The fourth-order valence-electron chi connectivity index (χ4n) is 2.16. The molecule has 2 rings (SSSR count). The average Bonchev–Trinajstić information content (AvgIpc) is 2.70. The molecular weight excluding hydrogens is 220 g/mol. The maximum Gasteiger partial charge on any atom is 0.323 e. The highest BCUT2D eigenvalue weighted by atomic mass is 16.5. The number of aromatic nitrogens is 1. The molecule has 1 aliphatic rings. The van der Waals surface area contributed by atoms with Crippen molar-refractivity contribution in [3.63, 3.8) is 0 Å². The number of rotatable bonds is 3. The number of likely N-dealkylation sites (tertiary alicyclic amines) is 1. The van der Waals surface area contributed by atoms with Gasteiger partial charge in [0.25, 0.3) is 0 Å². The Morgan fingerprint density at radius 3 is 3.18 bits per heavy atom. The molecule has 1 N–H and O–H groups in total. The molecule has 0 unspecified atom stereocenters. The van der Waals surface area contributed by atoms with Gasteiger partial charge < -0.3 is 9.84 Å². The Kier molecular flexibility index (Phi) is 3.71. The van der Waals surface area contributed by atoms with Crippen LogP contribution in [0.2, 0.25) is 0 Å². The summed E-state index contributed by atoms with van der Waals surface area (Å²) in [4.78, 5) is 17.5. The number of β-amino-alcohol motifs (C(OH)–C–C–N with tert-alkyl or cyclic N) is 1. The number of pyridine rings is 1. The van der Waals surface area contributed by atoms with Gasteiger partial charge in [0.15, 0.2) is 0 Å². The van der Waals surface area contributed by atoms with Gasteiger partial charge in [0, 0.05) is 31.9 Å². The predicted molar refractivity (Wildman–Crippen MR) is 61.1 cm³/mol. The normalized spacial score (nSPS) is 24.8. The standard InChI is InChI=1S/C12H16N2O3/c1-17-12(16)11-5-10(15)8-14(11)7-9-3-2-4-13-6-9/h2-4,6,10-11,15H,5,7-8H2,1H3/t10-,11+/m1/s1. The van der Waals surface area contributed by atoms with Gasteiger partial charge in [-0.15, -0.1) is 0 Å². The number of methoxy groups -OCH3 is 1. The molecule has 5 nitrogen and oxygen atoms in total. The number of carbonyl (C=O) groups excluding carboxylic acids is 1. The highest BCUT2D eigenvalue weighted by molar-refractivity contribution is 5.76. The number of ether oxygens (including phenoxy) is 1. The maximum absolute atomic E-state index is 11.6. The summed E-state index contributed by atoms with van der Waals surface area (Å²) in [5, 5.41) is 9.63. The first kappa shape index (κ1) is 12.0. The monoisotopic (exact) mass is 236 g/mol. The number of esters is 1. The summed E-state index contributed by atoms with van der Waals surface area (Å²) in [5.41, 5.74) is 1.02. The van der Waals surface area contributed by atoms with E-state index in [-0.39, 0.29) is 12.0 Å². The van der Waals surface area contributed by atoms with Crippen molar-refractivity contribution in [3.05, 3.63) is 30.1 Å². The molecule has 1 fully saturated rings. The Balaban J connectivity index is 2.06. The third-order valence-electron chi connectivity index (χ3n) is 2.96. The Labute approximate surface area is 100 Å². The smallest absolute Gasteiger partial charge is 0.323 e. The van der Waals surface area contributed by atoms with Crippen LogP contribution >= 0.6 is 0 Å². The van der Waals surface area contributed by atoms with Gasteiger partial charge in [0.05, 0.1) is 13.2 Å². The van der Waals surface area contributed by atoms with E-state index in [2.05, 4.69) is 4.98 Å². The summed E-state index contributed by atoms with van der Waals surface area (Å²) in [7, 11) is 1.37. The molecule has 1 aromatic rings. The number of hydrogen-bond donors (Lipinski definition) is 1. The van der Waals surface area contributed by atoms with Crippen LogP contribution in [0.5, 0.6) is 0 Å². The van der Waals surface area contributed by atoms with Gasteiger partial charge >= 0.3 is 5.97 Å². The van der Waals surface area contributed by atoms with Crippen molar-refractivity contribution >= 4 is 5.97 Å². The third-order valence-corrected chi connectivity index (χ3v) is 2.96. The molecule has 2 atom stereocenters. The van der Waals surface area contributed by atoms with E-state index in [9.17, 15) is 9.90 Å². The summed E-state index contributed by atoms with van der Waals surface area (Å²) in [5.74, 6) is -0.287. The minimum Gasteiger partial charge on any atom is -0.468 e. The van der Waals surface area contributed by atoms with Crippen molar-refractivity contribution in [2.24, 2.45) is 0 Å². The molecule has 0 saturated carbocycles. The first-order chi connectivity index (χ1) is 8.20. The quantitative estimate of drug-likeness (QED) is 0.759. The second-order valence-electron chi connectivity index (χ2n) is 4.22. The lowest BCUT2D eigenvalue weighted by atomic mass is 10.2. The third kappa shape index (κ3) is 2.81. The molecule has 0 bridgehead atoms. The fraction of sp³-hybridized carbons (Fsp3) is 0.500. The Bertz CT molecular complexity index is 383. The van der Waals surface area contributed by atoms with E-state index in [1.807, 2.05) is 17.0 Å². The highest BCUT2D eigenvalue weighted by Gasteiger charge is 2.36. The van der Waals surface area contributed by atoms with Crippen molar-refractivity contribution in [3.8, 4) is 0 Å². The molecule has 1 aromatic heterocycles. The van der Waals surface area contributed by atoms with Crippen molar-refractivity contribution in [2.45, 2.75) is 25.1 Å². The van der Waals surface area contributed by atoms with Gasteiger partial charge in [-0.2, -0.15) is 0 Å². The molecule has 17 heavy (non-hydrogen) atoms. The maximum atomic E-state index is 11.6. The van der Waals surface area contributed by atoms with Crippen LogP contribution in [-0.2, 0) is 16.1 Å². The summed E-state index contributed by atoms with van der Waals surface area (Å²) >= 11 is 0. The minimum absolute atomic E-state index is 0.287. The van der Waals surface area contributed by atoms with Crippen LogP contribution in [0, 0.1) is 0 Å². The van der Waals surface area contributed by atoms with Crippen LogP contribution in [-0.4, -0.2) is 46.8 Å². The van der Waals surface area contributed by atoms with E-state index in [0.717, 1.165) is 5.56 Å². The van der Waals surface area contributed by atoms with E-state index in [1.54, 1.807) is 12.4 Å². The van der Waals surface area contributed by atoms with Crippen LogP contribution in [0.3, 0.4) is 0 Å². The van der Waals surface area contributed by atoms with Crippen molar-refractivity contribution in [2.75, 3.05) is 13.7 Å². The molecule has 92 valence electrons. The summed E-state index contributed by atoms with van der Waals surface area (Å²) in [6, 6.07) is 3.45. The zero-order valence-electron chi connectivity index (χ0n) is 9.74. The zero-order chi connectivity index (χ0) is 12.3. The second-order valence-corrected chi connectivity index (χ2v) is 4.22. The van der Waals surface area contributed by atoms with E-state index in [0.29, 0.717) is 19.5 Å². The van der Waals surface area contributed by atoms with Gasteiger partial charge in [-0.25, -0.2) is 0 Å². The molecule has 0 aliphatic carbocycles. The topological polar surface area (TPSA) is 62.7 Å². The van der Waals surface area contributed by atoms with Crippen LogP contribution in [0.1, 0.15) is 12.0 Å². The van der Waals surface area contributed by atoms with Crippen molar-refractivity contribution < 1.29 is 14.6 Å². The van der Waals surface area contributed by atoms with Crippen LogP contribution in [0.15, 0.2) is 24.5 Å². The Morgan fingerprint density at radius 1 is 1.71 bits per heavy atom. The molecule has 1 aliphatic heterocycles. The Morgan fingerprint density at radius 2 is 2.53 bits per heavy atom. The number of nitrogens with zero attached hydrogens (tertiary/aromatic N) is 2. The number of aliphatic hydroxyl groups is 1. The Hall–Kier alpha value is -1.46. The highest BCUT2D eigenvalue weighted by Crippen LogP contribution is 2.21. The van der Waals surface area contributed by atoms with E-state index < -0.39 is 6.10 Å². The molecule has 0 aromatic carbocycles. The average molecular weight is 236 g/mol. The largest absolute Gasteiger partial charge is 0.468 e. The summed E-state index contributed by atoms with van der Waals surface area (Å²) in [6.45, 7) is 1.10. The zero-order valence-corrected chi connectivity index (χ0v) is 9.74. The number of aliphatic hydroxyl groups excluding tert-OH is 1. The minimum atomic E-state index is -0.462. The first-order valence-corrected chi connectivity index (χ1v) is 5.59.